The SMILES string of the molecule is Cc1ccnc(OC2CCC(N)C2)c1C(N)=O. The Hall–Kier alpha value is -1.62. The van der Waals surface area contributed by atoms with E-state index in [1.54, 1.807) is 12.3 Å². The van der Waals surface area contributed by atoms with E-state index in [-0.39, 0.29) is 12.1 Å². The van der Waals surface area contributed by atoms with Gasteiger partial charge in [-0.2, -0.15) is 0 Å². The monoisotopic (exact) mass is 235 g/mol. The lowest BCUT2D eigenvalue weighted by atomic mass is 10.1. The Morgan fingerprint density at radius 3 is 2.88 bits per heavy atom. The molecule has 0 saturated heterocycles. The Bertz CT molecular complexity index is 434. The lowest BCUT2D eigenvalue weighted by molar-refractivity contribution is 0.0990. The quantitative estimate of drug-likeness (QED) is 0.808. The van der Waals surface area contributed by atoms with Crippen molar-refractivity contribution in [3.8, 4) is 5.88 Å². The van der Waals surface area contributed by atoms with Crippen LogP contribution in [0.1, 0.15) is 35.2 Å². The first kappa shape index (κ1) is 11.9. The average molecular weight is 235 g/mol. The van der Waals surface area contributed by atoms with Crippen LogP contribution in [0.4, 0.5) is 0 Å². The average Bonchev–Trinajstić information content (AvgIpc) is 2.63. The van der Waals surface area contributed by atoms with Gasteiger partial charge in [-0.05, 0) is 37.8 Å². The van der Waals surface area contributed by atoms with Crippen molar-refractivity contribution in [3.63, 3.8) is 0 Å². The maximum atomic E-state index is 11.4. The highest BCUT2D eigenvalue weighted by Gasteiger charge is 2.25. The lowest BCUT2D eigenvalue weighted by Crippen LogP contribution is -2.22. The molecular weight excluding hydrogens is 218 g/mol. The molecule has 92 valence electrons. The smallest absolute Gasteiger partial charge is 0.254 e. The van der Waals surface area contributed by atoms with Crippen molar-refractivity contribution in [2.24, 2.45) is 11.5 Å². The van der Waals surface area contributed by atoms with Crippen LogP contribution in [0.2, 0.25) is 0 Å². The summed E-state index contributed by atoms with van der Waals surface area (Å²) in [6.45, 7) is 1.81. The molecular formula is C12H17N3O2. The highest BCUT2D eigenvalue weighted by Crippen LogP contribution is 2.25. The summed E-state index contributed by atoms with van der Waals surface area (Å²) < 4.78 is 5.73. The number of primary amides is 1. The van der Waals surface area contributed by atoms with E-state index in [1.807, 2.05) is 6.92 Å². The van der Waals surface area contributed by atoms with Crippen molar-refractivity contribution in [2.45, 2.75) is 38.3 Å². The van der Waals surface area contributed by atoms with Crippen molar-refractivity contribution in [1.29, 1.82) is 0 Å². The van der Waals surface area contributed by atoms with Crippen molar-refractivity contribution < 1.29 is 9.53 Å². The minimum Gasteiger partial charge on any atom is -0.474 e. The molecule has 1 aliphatic rings. The molecule has 1 saturated carbocycles. The first-order valence-electron chi connectivity index (χ1n) is 5.75. The van der Waals surface area contributed by atoms with Gasteiger partial charge in [0.25, 0.3) is 5.91 Å². The number of nitrogens with two attached hydrogens (primary N) is 2. The summed E-state index contributed by atoms with van der Waals surface area (Å²) >= 11 is 0. The number of aromatic nitrogens is 1. The van der Waals surface area contributed by atoms with E-state index in [2.05, 4.69) is 4.98 Å². The van der Waals surface area contributed by atoms with E-state index >= 15 is 0 Å². The minimum atomic E-state index is -0.507. The first-order chi connectivity index (χ1) is 8.08. The Balaban J connectivity index is 2.20. The summed E-state index contributed by atoms with van der Waals surface area (Å²) in [5.74, 6) is -0.176. The summed E-state index contributed by atoms with van der Waals surface area (Å²) in [6.07, 6.45) is 4.30. The molecule has 5 nitrogen and oxygen atoms in total. The fourth-order valence-corrected chi connectivity index (χ4v) is 2.16. The van der Waals surface area contributed by atoms with Crippen LogP contribution in [0.15, 0.2) is 12.3 Å². The third-order valence-electron chi connectivity index (χ3n) is 3.07. The second-order valence-corrected chi connectivity index (χ2v) is 4.49. The lowest BCUT2D eigenvalue weighted by Gasteiger charge is -2.15. The van der Waals surface area contributed by atoms with Crippen LogP contribution < -0.4 is 16.2 Å². The van der Waals surface area contributed by atoms with E-state index in [4.69, 9.17) is 16.2 Å². The zero-order chi connectivity index (χ0) is 12.4. The van der Waals surface area contributed by atoms with Gasteiger partial charge in [0, 0.05) is 12.2 Å². The highest BCUT2D eigenvalue weighted by molar-refractivity contribution is 5.96. The standard InChI is InChI=1S/C12H17N3O2/c1-7-4-5-15-12(10(7)11(14)16)17-9-3-2-8(13)6-9/h4-5,8-9H,2-3,6,13H2,1H3,(H2,14,16). The van der Waals surface area contributed by atoms with Crippen LogP contribution in [-0.2, 0) is 0 Å². The van der Waals surface area contributed by atoms with Crippen molar-refractivity contribution in [1.82, 2.24) is 4.98 Å². The molecule has 1 amide bonds. The van der Waals surface area contributed by atoms with Crippen molar-refractivity contribution in [2.75, 3.05) is 0 Å². The second kappa shape index (κ2) is 4.71. The number of rotatable bonds is 3. The predicted octanol–water partition coefficient (Wildman–Crippen LogP) is 0.748. The number of carbonyl (C=O) groups is 1. The van der Waals surface area contributed by atoms with E-state index in [0.717, 1.165) is 24.8 Å². The molecule has 4 N–H and O–H groups in total. The molecule has 1 fully saturated rings. The van der Waals surface area contributed by atoms with Gasteiger partial charge in [-0.25, -0.2) is 4.98 Å². The number of amides is 1. The summed E-state index contributed by atoms with van der Waals surface area (Å²) in [5, 5.41) is 0. The summed E-state index contributed by atoms with van der Waals surface area (Å²) in [6, 6.07) is 1.93. The summed E-state index contributed by atoms with van der Waals surface area (Å²) in [4.78, 5) is 15.4. The number of hydrogen-bond acceptors (Lipinski definition) is 4. The van der Waals surface area contributed by atoms with Crippen LogP contribution in [0.25, 0.3) is 0 Å². The van der Waals surface area contributed by atoms with Crippen LogP contribution in [0.5, 0.6) is 5.88 Å². The fraction of sp³-hybridized carbons (Fsp3) is 0.500. The van der Waals surface area contributed by atoms with Gasteiger partial charge in [-0.1, -0.05) is 0 Å². The van der Waals surface area contributed by atoms with Gasteiger partial charge in [0.1, 0.15) is 11.7 Å². The van der Waals surface area contributed by atoms with E-state index in [9.17, 15) is 4.79 Å². The van der Waals surface area contributed by atoms with Crippen LogP contribution in [0.3, 0.4) is 0 Å². The first-order valence-corrected chi connectivity index (χ1v) is 5.75. The van der Waals surface area contributed by atoms with E-state index in [1.165, 1.54) is 0 Å². The molecule has 2 rings (SSSR count). The Labute approximate surface area is 100 Å². The molecule has 0 aliphatic heterocycles. The summed E-state index contributed by atoms with van der Waals surface area (Å²) in [7, 11) is 0. The van der Waals surface area contributed by atoms with Gasteiger partial charge in [-0.3, -0.25) is 4.79 Å². The normalized spacial score (nSPS) is 23.6. The molecule has 0 aromatic carbocycles. The number of carbonyl (C=O) groups excluding carboxylic acids is 1. The third-order valence-corrected chi connectivity index (χ3v) is 3.07. The van der Waals surface area contributed by atoms with Crippen molar-refractivity contribution in [3.05, 3.63) is 23.4 Å². The van der Waals surface area contributed by atoms with Crippen LogP contribution in [-0.4, -0.2) is 23.0 Å². The maximum Gasteiger partial charge on any atom is 0.254 e. The summed E-state index contributed by atoms with van der Waals surface area (Å²) in [5.41, 5.74) is 12.3. The molecule has 5 heteroatoms. The third kappa shape index (κ3) is 2.55. The van der Waals surface area contributed by atoms with Gasteiger partial charge in [-0.15, -0.1) is 0 Å². The molecule has 2 atom stereocenters. The molecule has 17 heavy (non-hydrogen) atoms. The van der Waals surface area contributed by atoms with E-state index in [0.29, 0.717) is 11.4 Å². The molecule has 1 aliphatic carbocycles. The Morgan fingerprint density at radius 1 is 1.53 bits per heavy atom. The van der Waals surface area contributed by atoms with Gasteiger partial charge >= 0.3 is 0 Å². The molecule has 1 aromatic heterocycles. The molecule has 1 heterocycles. The van der Waals surface area contributed by atoms with Crippen LogP contribution >= 0.6 is 0 Å². The topological polar surface area (TPSA) is 91.2 Å². The maximum absolute atomic E-state index is 11.4. The van der Waals surface area contributed by atoms with Crippen LogP contribution in [0, 0.1) is 6.92 Å². The Kier molecular flexibility index (Phi) is 3.28. The number of nitrogens with zero attached hydrogens (tertiary/aromatic N) is 1. The number of pyridine rings is 1. The predicted molar refractivity (Wildman–Crippen MR) is 63.7 cm³/mol. The minimum absolute atomic E-state index is 0.0393. The zero-order valence-corrected chi connectivity index (χ0v) is 9.85. The van der Waals surface area contributed by atoms with E-state index < -0.39 is 5.91 Å². The molecule has 0 bridgehead atoms. The molecule has 2 unspecified atom stereocenters. The van der Waals surface area contributed by atoms with Gasteiger partial charge in [0.05, 0.1) is 0 Å². The number of ether oxygens (including phenoxy) is 1. The second-order valence-electron chi connectivity index (χ2n) is 4.49. The zero-order valence-electron chi connectivity index (χ0n) is 9.85. The van der Waals surface area contributed by atoms with Gasteiger partial charge < -0.3 is 16.2 Å². The van der Waals surface area contributed by atoms with Crippen molar-refractivity contribution >= 4 is 5.91 Å². The molecule has 1 aromatic rings. The van der Waals surface area contributed by atoms with Gasteiger partial charge in [0.2, 0.25) is 5.88 Å². The fourth-order valence-electron chi connectivity index (χ4n) is 2.16. The number of aryl methyl sites for hydroxylation is 1. The molecule has 0 radical (unpaired) electrons. The largest absolute Gasteiger partial charge is 0.474 e. The molecule has 0 spiro atoms. The highest BCUT2D eigenvalue weighted by atomic mass is 16.5. The Morgan fingerprint density at radius 2 is 2.29 bits per heavy atom. The number of hydrogen-bond donors (Lipinski definition) is 2. The van der Waals surface area contributed by atoms with Gasteiger partial charge in [0.15, 0.2) is 0 Å².